The van der Waals surface area contributed by atoms with Gasteiger partial charge in [-0.2, -0.15) is 0 Å². The van der Waals surface area contributed by atoms with Crippen molar-refractivity contribution in [3.63, 3.8) is 0 Å². The molecule has 3 atom stereocenters. The number of fused-ring (bicyclic) bond motifs is 2. The van der Waals surface area contributed by atoms with Crippen LogP contribution in [0.3, 0.4) is 0 Å². The van der Waals surface area contributed by atoms with Crippen molar-refractivity contribution in [3.05, 3.63) is 47.5 Å². The second-order valence-corrected chi connectivity index (χ2v) is 8.12. The molecule has 0 amide bonds. The van der Waals surface area contributed by atoms with E-state index in [9.17, 15) is 14.7 Å². The molecule has 1 N–H and O–H groups in total. The normalized spacial score (nSPS) is 14.2. The lowest BCUT2D eigenvalue weighted by molar-refractivity contribution is -0.150. The molecule has 0 bridgehead atoms. The maximum Gasteiger partial charge on any atom is 0.340 e. The van der Waals surface area contributed by atoms with Crippen LogP contribution in [0.5, 0.6) is 0 Å². The summed E-state index contributed by atoms with van der Waals surface area (Å²) >= 11 is 0. The van der Waals surface area contributed by atoms with Crippen molar-refractivity contribution >= 4 is 34.0 Å². The summed E-state index contributed by atoms with van der Waals surface area (Å²) in [5.74, 6) is -1.08. The van der Waals surface area contributed by atoms with Gasteiger partial charge in [0.15, 0.2) is 0 Å². The SMILES string of the molecule is CC[C@@H](C)CCC[C@@H](C(=O)OC)[C@H](O)c1cccc2nc3c(C(=O)OC)cccc3nc12. The zero-order chi connectivity index (χ0) is 23.3. The minimum absolute atomic E-state index is 0.322. The summed E-state index contributed by atoms with van der Waals surface area (Å²) in [5, 5.41) is 11.2. The zero-order valence-electron chi connectivity index (χ0n) is 19.0. The lowest BCUT2D eigenvalue weighted by Crippen LogP contribution is -2.24. The summed E-state index contributed by atoms with van der Waals surface area (Å²) in [6, 6.07) is 10.4. The highest BCUT2D eigenvalue weighted by molar-refractivity contribution is 6.03. The van der Waals surface area contributed by atoms with Crippen molar-refractivity contribution in [2.75, 3.05) is 14.2 Å². The van der Waals surface area contributed by atoms with Crippen LogP contribution in [-0.4, -0.2) is 41.2 Å². The predicted molar refractivity (Wildman–Crippen MR) is 122 cm³/mol. The second kappa shape index (κ2) is 10.5. The quantitative estimate of drug-likeness (QED) is 0.385. The number of methoxy groups -OCH3 is 2. The molecule has 0 saturated heterocycles. The fourth-order valence-electron chi connectivity index (χ4n) is 3.92. The first-order valence-electron chi connectivity index (χ1n) is 10.9. The van der Waals surface area contributed by atoms with E-state index >= 15 is 0 Å². The average Bonchev–Trinajstić information content (AvgIpc) is 2.83. The molecule has 1 aromatic heterocycles. The molecule has 32 heavy (non-hydrogen) atoms. The molecule has 0 aliphatic heterocycles. The van der Waals surface area contributed by atoms with Gasteiger partial charge in [-0.05, 0) is 30.5 Å². The van der Waals surface area contributed by atoms with Gasteiger partial charge >= 0.3 is 11.9 Å². The molecule has 0 radical (unpaired) electrons. The van der Waals surface area contributed by atoms with E-state index in [4.69, 9.17) is 9.47 Å². The molecule has 0 aliphatic rings. The Morgan fingerprint density at radius 2 is 1.62 bits per heavy atom. The standard InChI is InChI=1S/C25H30N2O5/c1-5-15(2)9-6-12-18(25(30)32-4)23(28)16-10-7-13-19-21(16)26-20-14-8-11-17(22(20)27-19)24(29)31-3/h7-8,10-11,13-15,18,23,28H,5-6,9,12H2,1-4H3/t15-,18-,23-/m1/s1. The van der Waals surface area contributed by atoms with E-state index in [-0.39, 0.29) is 0 Å². The Morgan fingerprint density at radius 3 is 2.28 bits per heavy atom. The van der Waals surface area contributed by atoms with Gasteiger partial charge in [0, 0.05) is 5.56 Å². The smallest absolute Gasteiger partial charge is 0.340 e. The van der Waals surface area contributed by atoms with Crippen molar-refractivity contribution in [2.24, 2.45) is 11.8 Å². The molecule has 1 heterocycles. The molecule has 0 spiro atoms. The molecule has 7 nitrogen and oxygen atoms in total. The van der Waals surface area contributed by atoms with Crippen LogP contribution in [0.2, 0.25) is 0 Å². The van der Waals surface area contributed by atoms with Gasteiger partial charge in [-0.1, -0.05) is 51.3 Å². The average molecular weight is 439 g/mol. The van der Waals surface area contributed by atoms with Gasteiger partial charge in [0.25, 0.3) is 0 Å². The lowest BCUT2D eigenvalue weighted by atomic mass is 9.88. The highest BCUT2D eigenvalue weighted by atomic mass is 16.5. The van der Waals surface area contributed by atoms with Gasteiger partial charge in [-0.3, -0.25) is 4.79 Å². The zero-order valence-corrected chi connectivity index (χ0v) is 19.0. The van der Waals surface area contributed by atoms with Crippen molar-refractivity contribution in [3.8, 4) is 0 Å². The summed E-state index contributed by atoms with van der Waals surface area (Å²) in [4.78, 5) is 33.9. The molecule has 0 aliphatic carbocycles. The molecule has 3 aromatic rings. The molecular formula is C25H30N2O5. The summed E-state index contributed by atoms with van der Waals surface area (Å²) in [7, 11) is 2.65. The van der Waals surface area contributed by atoms with Crippen LogP contribution in [0.15, 0.2) is 36.4 Å². The molecule has 0 unspecified atom stereocenters. The van der Waals surface area contributed by atoms with E-state index in [0.29, 0.717) is 45.5 Å². The van der Waals surface area contributed by atoms with E-state index in [0.717, 1.165) is 19.3 Å². The van der Waals surface area contributed by atoms with Gasteiger partial charge in [-0.25, -0.2) is 14.8 Å². The summed E-state index contributed by atoms with van der Waals surface area (Å²) in [5.41, 5.74) is 2.78. The number of ether oxygens (including phenoxy) is 2. The van der Waals surface area contributed by atoms with E-state index in [1.54, 1.807) is 36.4 Å². The molecule has 3 rings (SSSR count). The van der Waals surface area contributed by atoms with E-state index in [1.807, 2.05) is 0 Å². The highest BCUT2D eigenvalue weighted by Gasteiger charge is 2.30. The molecule has 7 heteroatoms. The third-order valence-corrected chi connectivity index (χ3v) is 6.04. The van der Waals surface area contributed by atoms with Crippen LogP contribution in [0.25, 0.3) is 22.1 Å². The molecular weight excluding hydrogens is 408 g/mol. The first kappa shape index (κ1) is 23.6. The third kappa shape index (κ3) is 4.88. The predicted octanol–water partition coefficient (Wildman–Crippen LogP) is 4.61. The first-order chi connectivity index (χ1) is 15.4. The Labute approximate surface area is 187 Å². The molecule has 170 valence electrons. The molecule has 2 aromatic carbocycles. The summed E-state index contributed by atoms with van der Waals surface area (Å²) in [6.45, 7) is 4.32. The van der Waals surface area contributed by atoms with Crippen molar-refractivity contribution in [1.82, 2.24) is 9.97 Å². The van der Waals surface area contributed by atoms with Crippen LogP contribution >= 0.6 is 0 Å². The van der Waals surface area contributed by atoms with Crippen LogP contribution in [0.4, 0.5) is 0 Å². The van der Waals surface area contributed by atoms with Crippen LogP contribution in [0.1, 0.15) is 61.6 Å². The number of aliphatic hydroxyl groups excluding tert-OH is 1. The third-order valence-electron chi connectivity index (χ3n) is 6.04. The number of esters is 2. The Kier molecular flexibility index (Phi) is 7.75. The first-order valence-corrected chi connectivity index (χ1v) is 10.9. The highest BCUT2D eigenvalue weighted by Crippen LogP contribution is 2.33. The number of carbonyl (C=O) groups excluding carboxylic acids is 2. The van der Waals surface area contributed by atoms with Crippen LogP contribution in [0, 0.1) is 11.8 Å². The van der Waals surface area contributed by atoms with Crippen LogP contribution in [-0.2, 0) is 14.3 Å². The topological polar surface area (TPSA) is 98.6 Å². The van der Waals surface area contributed by atoms with Gasteiger partial charge in [0.1, 0.15) is 5.52 Å². The fourth-order valence-corrected chi connectivity index (χ4v) is 3.92. The second-order valence-electron chi connectivity index (χ2n) is 8.12. The van der Waals surface area contributed by atoms with Crippen molar-refractivity contribution in [1.29, 1.82) is 0 Å². The van der Waals surface area contributed by atoms with Gasteiger partial charge in [-0.15, -0.1) is 0 Å². The Balaban J connectivity index is 2.03. The number of carbonyl (C=O) groups is 2. The van der Waals surface area contributed by atoms with E-state index < -0.39 is 24.0 Å². The Hall–Kier alpha value is -3.06. The number of rotatable bonds is 9. The van der Waals surface area contributed by atoms with Gasteiger partial charge in [0.2, 0.25) is 0 Å². The Bertz CT molecular complexity index is 1110. The maximum atomic E-state index is 12.5. The number of hydrogen-bond donors (Lipinski definition) is 1. The fraction of sp³-hybridized carbons (Fsp3) is 0.440. The largest absolute Gasteiger partial charge is 0.469 e. The number of nitrogens with zero attached hydrogens (tertiary/aromatic N) is 2. The minimum Gasteiger partial charge on any atom is -0.469 e. The molecule has 0 saturated carbocycles. The van der Waals surface area contributed by atoms with Crippen LogP contribution < -0.4 is 0 Å². The monoisotopic (exact) mass is 438 g/mol. The minimum atomic E-state index is -1.08. The van der Waals surface area contributed by atoms with Gasteiger partial charge in [0.05, 0.1) is 48.4 Å². The van der Waals surface area contributed by atoms with Crippen molar-refractivity contribution < 1.29 is 24.2 Å². The van der Waals surface area contributed by atoms with Gasteiger partial charge < -0.3 is 14.6 Å². The Morgan fingerprint density at radius 1 is 0.969 bits per heavy atom. The number of para-hydroxylation sites is 2. The molecule has 0 fully saturated rings. The summed E-state index contributed by atoms with van der Waals surface area (Å²) in [6.07, 6.45) is 2.30. The lowest BCUT2D eigenvalue weighted by Gasteiger charge is -2.22. The number of aliphatic hydroxyl groups is 1. The van der Waals surface area contributed by atoms with E-state index in [1.165, 1.54) is 14.2 Å². The number of hydrogen-bond acceptors (Lipinski definition) is 7. The maximum absolute atomic E-state index is 12.5. The number of benzene rings is 2. The number of aromatic nitrogens is 2. The van der Waals surface area contributed by atoms with E-state index in [2.05, 4.69) is 23.8 Å². The van der Waals surface area contributed by atoms with Crippen molar-refractivity contribution in [2.45, 2.75) is 45.6 Å². The summed E-state index contributed by atoms with van der Waals surface area (Å²) < 4.78 is 9.84.